The summed E-state index contributed by atoms with van der Waals surface area (Å²) >= 11 is 0. The van der Waals surface area contributed by atoms with Crippen LogP contribution in [0.5, 0.6) is 0 Å². The van der Waals surface area contributed by atoms with E-state index in [0.717, 1.165) is 11.0 Å². The summed E-state index contributed by atoms with van der Waals surface area (Å²) in [5, 5.41) is 9.69. The first-order valence-electron chi connectivity index (χ1n) is 6.30. The third-order valence-corrected chi connectivity index (χ3v) is 2.88. The van der Waals surface area contributed by atoms with Crippen molar-refractivity contribution in [1.82, 2.24) is 4.90 Å². The van der Waals surface area contributed by atoms with Gasteiger partial charge < -0.3 is 14.4 Å². The average molecular weight is 301 g/mol. The van der Waals surface area contributed by atoms with Crippen molar-refractivity contribution in [2.75, 3.05) is 13.1 Å². The second kappa shape index (κ2) is 6.17. The van der Waals surface area contributed by atoms with Crippen molar-refractivity contribution in [3.05, 3.63) is 35.8 Å². The first-order chi connectivity index (χ1) is 9.88. The number of carbonyl (C=O) groups is 1. The third kappa shape index (κ3) is 3.55. The number of nitrogens with zero attached hydrogens (tertiary/aromatic N) is 1. The summed E-state index contributed by atoms with van der Waals surface area (Å²) in [6.45, 7) is 0.254. The molecule has 0 aliphatic rings. The van der Waals surface area contributed by atoms with E-state index in [0.29, 0.717) is 5.39 Å². The van der Waals surface area contributed by atoms with E-state index in [4.69, 9.17) is 4.42 Å². The number of alkyl halides is 2. The largest absolute Gasteiger partial charge is 0.464 e. The number of aliphatic hydroxyl groups excluding tert-OH is 1. The van der Waals surface area contributed by atoms with Gasteiger partial charge in [0, 0.05) is 11.9 Å². The molecule has 1 N–H and O–H groups in total. The van der Waals surface area contributed by atoms with Gasteiger partial charge in [0.2, 0.25) is 0 Å². The summed E-state index contributed by atoms with van der Waals surface area (Å²) in [6.07, 6.45) is -2.45. The Morgan fingerprint density at radius 3 is 2.71 bits per heavy atom. The lowest BCUT2D eigenvalue weighted by Crippen LogP contribution is -2.39. The molecule has 1 heterocycles. The Balaban J connectivity index is 2.40. The molecule has 0 saturated heterocycles. The van der Waals surface area contributed by atoms with Gasteiger partial charge in [-0.1, -0.05) is 0 Å². The van der Waals surface area contributed by atoms with Crippen LogP contribution in [-0.4, -0.2) is 41.5 Å². The van der Waals surface area contributed by atoms with E-state index >= 15 is 0 Å². The molecule has 21 heavy (non-hydrogen) atoms. The molecule has 0 bridgehead atoms. The molecule has 0 saturated carbocycles. The molecule has 0 aliphatic heterocycles. The zero-order chi connectivity index (χ0) is 15.6. The van der Waals surface area contributed by atoms with E-state index in [1.807, 2.05) is 0 Å². The highest BCUT2D eigenvalue weighted by Crippen LogP contribution is 2.23. The molecule has 114 valence electrons. The second-order valence-corrected chi connectivity index (χ2v) is 4.74. The minimum absolute atomic E-state index is 0.131. The molecule has 1 amide bonds. The van der Waals surface area contributed by atoms with Crippen LogP contribution in [0.1, 0.15) is 17.3 Å². The number of halogens is 3. The monoisotopic (exact) mass is 301 g/mol. The van der Waals surface area contributed by atoms with Crippen LogP contribution in [0.2, 0.25) is 0 Å². The summed E-state index contributed by atoms with van der Waals surface area (Å²) in [7, 11) is 0. The highest BCUT2D eigenvalue weighted by Gasteiger charge is 2.24. The lowest BCUT2D eigenvalue weighted by atomic mass is 10.1. The fourth-order valence-corrected chi connectivity index (χ4v) is 2.10. The third-order valence-electron chi connectivity index (χ3n) is 2.88. The molecule has 1 atom stereocenters. The molecule has 0 radical (unpaired) electrons. The Bertz CT molecular complexity index is 629. The van der Waals surface area contributed by atoms with Gasteiger partial charge in [-0.2, -0.15) is 0 Å². The molecule has 0 fully saturated rings. The minimum atomic E-state index is -2.76. The van der Waals surface area contributed by atoms with Gasteiger partial charge in [0.05, 0.1) is 24.5 Å². The number of hydrogen-bond acceptors (Lipinski definition) is 3. The summed E-state index contributed by atoms with van der Waals surface area (Å²) < 4.78 is 43.8. The maximum Gasteiger partial charge on any atom is 0.258 e. The molecule has 7 heteroatoms. The number of fused-ring (bicyclic) bond motifs is 1. The Kier molecular flexibility index (Phi) is 4.52. The number of benzene rings is 1. The number of rotatable bonds is 5. The van der Waals surface area contributed by atoms with Crippen LogP contribution in [0, 0.1) is 5.82 Å². The zero-order valence-electron chi connectivity index (χ0n) is 11.2. The number of aliphatic hydroxyl groups is 1. The number of amides is 1. The van der Waals surface area contributed by atoms with Gasteiger partial charge in [0.15, 0.2) is 0 Å². The lowest BCUT2D eigenvalue weighted by molar-refractivity contribution is 0.0420. The standard InChI is InChI=1S/C14H14F3NO3/c1-8(19)6-18(7-12(16)17)14(20)11-5-10(15)4-9-2-3-21-13(9)11/h2-5,8,12,19H,6-7H2,1H3. The molecular formula is C14H14F3NO3. The summed E-state index contributed by atoms with van der Waals surface area (Å²) in [6, 6.07) is 3.59. The van der Waals surface area contributed by atoms with Crippen molar-refractivity contribution in [2.45, 2.75) is 19.5 Å². The molecule has 1 aromatic heterocycles. The normalized spacial score (nSPS) is 12.9. The molecule has 2 rings (SSSR count). The van der Waals surface area contributed by atoms with E-state index < -0.39 is 30.8 Å². The lowest BCUT2D eigenvalue weighted by Gasteiger charge is -2.23. The van der Waals surface area contributed by atoms with Crippen molar-refractivity contribution in [1.29, 1.82) is 0 Å². The predicted molar refractivity (Wildman–Crippen MR) is 69.8 cm³/mol. The Labute approximate surface area is 118 Å². The number of furan rings is 1. The maximum absolute atomic E-state index is 13.5. The smallest absolute Gasteiger partial charge is 0.258 e. The zero-order valence-corrected chi connectivity index (χ0v) is 11.2. The van der Waals surface area contributed by atoms with Crippen LogP contribution in [0.15, 0.2) is 28.9 Å². The van der Waals surface area contributed by atoms with Gasteiger partial charge in [0.1, 0.15) is 11.4 Å². The van der Waals surface area contributed by atoms with Crippen LogP contribution in [0.3, 0.4) is 0 Å². The Morgan fingerprint density at radius 1 is 1.38 bits per heavy atom. The summed E-state index contributed by atoms with van der Waals surface area (Å²) in [4.78, 5) is 13.1. The first-order valence-corrected chi connectivity index (χ1v) is 6.30. The van der Waals surface area contributed by atoms with Gasteiger partial charge in [-0.3, -0.25) is 4.79 Å². The van der Waals surface area contributed by atoms with Gasteiger partial charge in [-0.25, -0.2) is 13.2 Å². The van der Waals surface area contributed by atoms with Gasteiger partial charge in [-0.15, -0.1) is 0 Å². The number of hydrogen-bond donors (Lipinski definition) is 1. The van der Waals surface area contributed by atoms with Crippen molar-refractivity contribution in [2.24, 2.45) is 0 Å². The quantitative estimate of drug-likeness (QED) is 0.923. The predicted octanol–water partition coefficient (Wildman–Crippen LogP) is 2.66. The maximum atomic E-state index is 13.5. The summed E-state index contributed by atoms with van der Waals surface area (Å²) in [5.74, 6) is -1.48. The molecular weight excluding hydrogens is 287 g/mol. The van der Waals surface area contributed by atoms with Crippen LogP contribution >= 0.6 is 0 Å². The van der Waals surface area contributed by atoms with Crippen LogP contribution in [-0.2, 0) is 0 Å². The van der Waals surface area contributed by atoms with Crippen LogP contribution in [0.4, 0.5) is 13.2 Å². The average Bonchev–Trinajstić information content (AvgIpc) is 2.82. The second-order valence-electron chi connectivity index (χ2n) is 4.74. The topological polar surface area (TPSA) is 53.7 Å². The van der Waals surface area contributed by atoms with Crippen molar-refractivity contribution in [3.8, 4) is 0 Å². The Hall–Kier alpha value is -2.02. The Morgan fingerprint density at radius 2 is 2.10 bits per heavy atom. The first kappa shape index (κ1) is 15.4. The van der Waals surface area contributed by atoms with E-state index in [2.05, 4.69) is 0 Å². The summed E-state index contributed by atoms with van der Waals surface area (Å²) in [5.41, 5.74) is -0.0115. The van der Waals surface area contributed by atoms with Crippen LogP contribution in [0.25, 0.3) is 11.0 Å². The van der Waals surface area contributed by atoms with E-state index in [1.54, 1.807) is 0 Å². The highest BCUT2D eigenvalue weighted by atomic mass is 19.3. The van der Waals surface area contributed by atoms with Gasteiger partial charge in [0.25, 0.3) is 12.3 Å². The van der Waals surface area contributed by atoms with Crippen molar-refractivity contribution < 1.29 is 27.5 Å². The van der Waals surface area contributed by atoms with Gasteiger partial charge >= 0.3 is 0 Å². The van der Waals surface area contributed by atoms with E-state index in [1.165, 1.54) is 25.3 Å². The number of carbonyl (C=O) groups excluding carboxylic acids is 1. The molecule has 1 unspecified atom stereocenters. The van der Waals surface area contributed by atoms with E-state index in [-0.39, 0.29) is 17.7 Å². The highest BCUT2D eigenvalue weighted by molar-refractivity contribution is 6.04. The van der Waals surface area contributed by atoms with Crippen LogP contribution < -0.4 is 0 Å². The van der Waals surface area contributed by atoms with Crippen molar-refractivity contribution in [3.63, 3.8) is 0 Å². The molecule has 4 nitrogen and oxygen atoms in total. The molecule has 0 aliphatic carbocycles. The minimum Gasteiger partial charge on any atom is -0.464 e. The SMILES string of the molecule is CC(O)CN(CC(F)F)C(=O)c1cc(F)cc2ccoc12. The van der Waals surface area contributed by atoms with Gasteiger partial charge in [-0.05, 0) is 25.1 Å². The van der Waals surface area contributed by atoms with E-state index in [9.17, 15) is 23.1 Å². The fourth-order valence-electron chi connectivity index (χ4n) is 2.10. The molecule has 0 spiro atoms. The van der Waals surface area contributed by atoms with Crippen molar-refractivity contribution >= 4 is 16.9 Å². The molecule has 2 aromatic rings. The fraction of sp³-hybridized carbons (Fsp3) is 0.357. The molecule has 1 aromatic carbocycles.